The molecule has 0 spiro atoms. The minimum atomic E-state index is 0.0896. The first-order valence-electron chi connectivity index (χ1n) is 7.03. The predicted octanol–water partition coefficient (Wildman–Crippen LogP) is 2.90. The first-order valence-corrected chi connectivity index (χ1v) is 7.41. The van der Waals surface area contributed by atoms with Gasteiger partial charge in [0, 0.05) is 26.1 Å². The number of aromatic nitrogens is 2. The number of rotatable bonds is 9. The second-order valence-electron chi connectivity index (χ2n) is 5.80. The summed E-state index contributed by atoms with van der Waals surface area (Å²) >= 11 is 6.11. The molecule has 0 aliphatic carbocycles. The summed E-state index contributed by atoms with van der Waals surface area (Å²) in [6, 6.07) is 0. The molecule has 0 saturated heterocycles. The molecule has 0 amide bonds. The molecule has 0 saturated carbocycles. The lowest BCUT2D eigenvalue weighted by Gasteiger charge is -2.23. The third-order valence-corrected chi connectivity index (χ3v) is 3.55. The molecule has 0 unspecified atom stereocenters. The molecule has 1 heterocycles. The highest BCUT2D eigenvalue weighted by atomic mass is 35.5. The van der Waals surface area contributed by atoms with Gasteiger partial charge in [-0.2, -0.15) is 0 Å². The fraction of sp³-hybridized carbons (Fsp3) is 0.786. The Hall–Kier alpha value is -0.580. The number of nitrogens with one attached hydrogen (secondary N) is 2. The van der Waals surface area contributed by atoms with E-state index in [0.717, 1.165) is 43.7 Å². The first-order chi connectivity index (χ1) is 8.98. The van der Waals surface area contributed by atoms with Gasteiger partial charge in [0.05, 0.1) is 5.69 Å². The van der Waals surface area contributed by atoms with Crippen LogP contribution in [0.1, 0.15) is 51.6 Å². The lowest BCUT2D eigenvalue weighted by Crippen LogP contribution is -2.30. The van der Waals surface area contributed by atoms with E-state index in [4.69, 9.17) is 16.7 Å². The molecule has 0 aromatic carbocycles. The molecule has 4 nitrogen and oxygen atoms in total. The Morgan fingerprint density at radius 2 is 2.16 bits per heavy atom. The van der Waals surface area contributed by atoms with Crippen molar-refractivity contribution in [3.8, 4) is 0 Å². The summed E-state index contributed by atoms with van der Waals surface area (Å²) < 4.78 is 0. The summed E-state index contributed by atoms with van der Waals surface area (Å²) in [5.41, 5.74) is 1.04. The minimum absolute atomic E-state index is 0.0896. The summed E-state index contributed by atoms with van der Waals surface area (Å²) in [7, 11) is 0. The number of aliphatic hydroxyl groups is 1. The summed E-state index contributed by atoms with van der Waals surface area (Å²) in [6.07, 6.45) is 4.02. The van der Waals surface area contributed by atoms with Crippen molar-refractivity contribution < 1.29 is 5.11 Å². The minimum Gasteiger partial charge on any atom is -0.396 e. The van der Waals surface area contributed by atoms with Crippen LogP contribution in [-0.2, 0) is 13.0 Å². The third kappa shape index (κ3) is 5.93. The zero-order valence-corrected chi connectivity index (χ0v) is 13.0. The molecule has 5 heteroatoms. The van der Waals surface area contributed by atoms with Crippen molar-refractivity contribution >= 4 is 11.6 Å². The van der Waals surface area contributed by atoms with Crippen LogP contribution in [0.5, 0.6) is 0 Å². The van der Waals surface area contributed by atoms with Crippen molar-refractivity contribution in [1.82, 2.24) is 15.3 Å². The number of halogens is 1. The highest BCUT2D eigenvalue weighted by molar-refractivity contribution is 6.30. The van der Waals surface area contributed by atoms with Crippen LogP contribution < -0.4 is 5.32 Å². The Balaban J connectivity index is 2.42. The lowest BCUT2D eigenvalue weighted by atomic mass is 9.90. The number of H-pyrrole nitrogens is 1. The van der Waals surface area contributed by atoms with Crippen LogP contribution >= 0.6 is 11.6 Å². The maximum Gasteiger partial charge on any atom is 0.151 e. The Morgan fingerprint density at radius 1 is 1.42 bits per heavy atom. The van der Waals surface area contributed by atoms with Gasteiger partial charge in [-0.05, 0) is 18.3 Å². The average Bonchev–Trinajstić information content (AvgIpc) is 2.67. The third-order valence-electron chi connectivity index (χ3n) is 3.24. The van der Waals surface area contributed by atoms with Crippen LogP contribution in [0.15, 0.2) is 0 Å². The normalized spacial score (nSPS) is 12.1. The first kappa shape index (κ1) is 16.5. The van der Waals surface area contributed by atoms with E-state index in [2.05, 4.69) is 36.1 Å². The summed E-state index contributed by atoms with van der Waals surface area (Å²) in [4.78, 5) is 7.61. The smallest absolute Gasteiger partial charge is 0.151 e. The molecule has 1 rings (SSSR count). The van der Waals surface area contributed by atoms with Crippen LogP contribution in [0.2, 0.25) is 5.15 Å². The Bertz CT molecular complexity index is 377. The largest absolute Gasteiger partial charge is 0.396 e. The van der Waals surface area contributed by atoms with Gasteiger partial charge >= 0.3 is 0 Å². The topological polar surface area (TPSA) is 60.9 Å². The lowest BCUT2D eigenvalue weighted by molar-refractivity contribution is 0.207. The molecule has 0 aliphatic rings. The molecule has 19 heavy (non-hydrogen) atoms. The number of hydrogen-bond acceptors (Lipinski definition) is 3. The van der Waals surface area contributed by atoms with Gasteiger partial charge in [-0.15, -0.1) is 0 Å². The van der Waals surface area contributed by atoms with Crippen LogP contribution in [-0.4, -0.2) is 28.2 Å². The molecule has 0 aliphatic heterocycles. The molecule has 1 aromatic heterocycles. The van der Waals surface area contributed by atoms with Gasteiger partial charge in [0.25, 0.3) is 0 Å². The molecule has 0 bridgehead atoms. The van der Waals surface area contributed by atoms with E-state index in [-0.39, 0.29) is 12.0 Å². The highest BCUT2D eigenvalue weighted by Gasteiger charge is 2.17. The van der Waals surface area contributed by atoms with Crippen molar-refractivity contribution in [1.29, 1.82) is 0 Å². The molecular formula is C14H26ClN3O. The summed E-state index contributed by atoms with van der Waals surface area (Å²) in [5, 5.41) is 12.9. The molecule has 110 valence electrons. The van der Waals surface area contributed by atoms with E-state index in [1.54, 1.807) is 0 Å². The molecule has 0 atom stereocenters. The zero-order chi connectivity index (χ0) is 14.3. The van der Waals surface area contributed by atoms with Crippen LogP contribution in [0, 0.1) is 5.41 Å². The van der Waals surface area contributed by atoms with Gasteiger partial charge in [-0.25, -0.2) is 4.98 Å². The van der Waals surface area contributed by atoms with Crippen molar-refractivity contribution in [2.24, 2.45) is 5.41 Å². The molecular weight excluding hydrogens is 262 g/mol. The fourth-order valence-corrected chi connectivity index (χ4v) is 2.15. The maximum atomic E-state index is 8.98. The van der Waals surface area contributed by atoms with Crippen LogP contribution in [0.3, 0.4) is 0 Å². The van der Waals surface area contributed by atoms with Crippen LogP contribution in [0.4, 0.5) is 0 Å². The van der Waals surface area contributed by atoms with E-state index in [1.165, 1.54) is 0 Å². The summed E-state index contributed by atoms with van der Waals surface area (Å²) in [5.74, 6) is 0.971. The molecule has 0 radical (unpaired) electrons. The second-order valence-corrected chi connectivity index (χ2v) is 6.16. The van der Waals surface area contributed by atoms with Crippen LogP contribution in [0.25, 0.3) is 0 Å². The number of imidazole rings is 1. The SMILES string of the molecule is CCCCc1nc(Cl)c(CNCC(C)(C)CCO)[nH]1. The van der Waals surface area contributed by atoms with Gasteiger partial charge in [0.2, 0.25) is 0 Å². The Kier molecular flexibility index (Phi) is 6.83. The van der Waals surface area contributed by atoms with E-state index >= 15 is 0 Å². The quantitative estimate of drug-likeness (QED) is 0.654. The second kappa shape index (κ2) is 7.88. The molecule has 3 N–H and O–H groups in total. The number of nitrogens with zero attached hydrogens (tertiary/aromatic N) is 1. The maximum absolute atomic E-state index is 8.98. The fourth-order valence-electron chi connectivity index (χ4n) is 1.94. The zero-order valence-electron chi connectivity index (χ0n) is 12.2. The standard InChI is InChI=1S/C14H26ClN3O/c1-4-5-6-12-17-11(13(15)18-12)9-16-10-14(2,3)7-8-19/h16,19H,4-10H2,1-3H3,(H,17,18). The van der Waals surface area contributed by atoms with Gasteiger partial charge in [-0.1, -0.05) is 38.8 Å². The van der Waals surface area contributed by atoms with Crippen molar-refractivity contribution in [2.45, 2.75) is 53.0 Å². The molecule has 0 fully saturated rings. The Morgan fingerprint density at radius 3 is 2.79 bits per heavy atom. The summed E-state index contributed by atoms with van der Waals surface area (Å²) in [6.45, 7) is 8.19. The van der Waals surface area contributed by atoms with Gasteiger partial charge in [0.15, 0.2) is 5.15 Å². The number of aryl methyl sites for hydroxylation is 1. The van der Waals surface area contributed by atoms with E-state index < -0.39 is 0 Å². The Labute approximate surface area is 121 Å². The predicted molar refractivity (Wildman–Crippen MR) is 79.4 cm³/mol. The van der Waals surface area contributed by atoms with Gasteiger partial charge in [-0.3, -0.25) is 0 Å². The van der Waals surface area contributed by atoms with Crippen molar-refractivity contribution in [2.75, 3.05) is 13.2 Å². The monoisotopic (exact) mass is 287 g/mol. The van der Waals surface area contributed by atoms with Gasteiger partial charge < -0.3 is 15.4 Å². The van der Waals surface area contributed by atoms with Gasteiger partial charge in [0.1, 0.15) is 5.82 Å². The highest BCUT2D eigenvalue weighted by Crippen LogP contribution is 2.19. The number of aromatic amines is 1. The molecule has 1 aromatic rings. The number of unbranched alkanes of at least 4 members (excludes halogenated alkanes) is 1. The van der Waals surface area contributed by atoms with Crippen molar-refractivity contribution in [3.63, 3.8) is 0 Å². The van der Waals surface area contributed by atoms with Crippen molar-refractivity contribution in [3.05, 3.63) is 16.7 Å². The van der Waals surface area contributed by atoms with E-state index in [1.807, 2.05) is 0 Å². The van der Waals surface area contributed by atoms with E-state index in [0.29, 0.717) is 11.7 Å². The average molecular weight is 288 g/mol. The number of aliphatic hydroxyl groups excluding tert-OH is 1. The van der Waals surface area contributed by atoms with E-state index in [9.17, 15) is 0 Å². The number of hydrogen-bond donors (Lipinski definition) is 3.